The van der Waals surface area contributed by atoms with Crippen molar-refractivity contribution >= 4 is 34.5 Å². The molecule has 3 saturated heterocycles. The van der Waals surface area contributed by atoms with Crippen LogP contribution in [0, 0.1) is 17.8 Å². The van der Waals surface area contributed by atoms with E-state index in [2.05, 4.69) is 5.32 Å². The number of likely N-dealkylation sites (N-methyl/N-ethyl adjacent to an activating group) is 3. The number of carbonyl (C=O) groups excluding carboxylic acids is 2. The molecule has 0 amide bonds. The molecule has 6 N–H and O–H groups in total. The standard InChI is InChI=1S/C57H93N5O16/c1-16-43-57(10,71)49(66)35(6)61(14)29-31(2)27-55(8,70)50(78-54-47(65)42(59(11)12)25-32(3)73-54)33(4)48(34(5)53(69)75-43)77-45-28-56(9,72-15)51(36(7)74-45)76-44(63)21-23-60(13)24-22-58-37-17-20-41-39(26-37)46(64)40(52(67)68)30-62(41)38-18-19-38/h17,20,26,30-36,38,42-43,45,47-51,54,58,65-66,70-71H,16,18-19,21-25,27-29H2,1-15H3,(H,67,68)/t31-,32-,33+,34-,35-,36+,42+,43-,45+,47-,48+,49-,50-,51+,54+,55-,56-,57-/m1/s1. The Hall–Kier alpha value is -3.84. The lowest BCUT2D eigenvalue weighted by Gasteiger charge is -2.49. The minimum Gasteiger partial charge on any atom is -0.477 e. The number of aliphatic hydroxyl groups excluding tert-OH is 2. The lowest BCUT2D eigenvalue weighted by molar-refractivity contribution is -0.318. The summed E-state index contributed by atoms with van der Waals surface area (Å²) in [4.78, 5) is 59.1. The number of fused-ring (bicyclic) bond motifs is 1. The summed E-state index contributed by atoms with van der Waals surface area (Å²) in [6.07, 6.45) is -5.76. The highest BCUT2D eigenvalue weighted by atomic mass is 16.7. The van der Waals surface area contributed by atoms with Crippen molar-refractivity contribution in [1.82, 2.24) is 19.3 Å². The summed E-state index contributed by atoms with van der Waals surface area (Å²) in [6, 6.07) is 4.65. The van der Waals surface area contributed by atoms with Crippen molar-refractivity contribution < 1.29 is 73.1 Å². The molecule has 78 heavy (non-hydrogen) atoms. The highest BCUT2D eigenvalue weighted by Crippen LogP contribution is 2.42. The first-order valence-electron chi connectivity index (χ1n) is 28.0. The number of pyridine rings is 1. The van der Waals surface area contributed by atoms with Crippen molar-refractivity contribution in [1.29, 1.82) is 0 Å². The van der Waals surface area contributed by atoms with Crippen molar-refractivity contribution in [2.75, 3.05) is 66.8 Å². The molecule has 4 aliphatic rings. The van der Waals surface area contributed by atoms with Crippen molar-refractivity contribution in [3.63, 3.8) is 0 Å². The fraction of sp³-hybridized carbons (Fsp3) is 0.789. The van der Waals surface area contributed by atoms with Gasteiger partial charge in [0.05, 0.1) is 47.9 Å². The molecule has 1 aromatic carbocycles. The average molecular weight is 1100 g/mol. The second-order valence-electron chi connectivity index (χ2n) is 24.2. The van der Waals surface area contributed by atoms with E-state index in [0.29, 0.717) is 49.2 Å². The van der Waals surface area contributed by atoms with Gasteiger partial charge in [-0.05, 0) is 133 Å². The fourth-order valence-corrected chi connectivity index (χ4v) is 12.2. The monoisotopic (exact) mass is 1100 g/mol. The second kappa shape index (κ2) is 26.0. The number of hydrogen-bond donors (Lipinski definition) is 6. The maximum absolute atomic E-state index is 14.6. The average Bonchev–Trinajstić information content (AvgIpc) is 4.28. The molecule has 2 aromatic rings. The van der Waals surface area contributed by atoms with E-state index >= 15 is 0 Å². The Bertz CT molecular complexity index is 2420. The number of aliphatic hydroxyl groups is 4. The molecule has 1 aliphatic carbocycles. The summed E-state index contributed by atoms with van der Waals surface area (Å²) in [5.74, 6) is -4.62. The smallest absolute Gasteiger partial charge is 0.341 e. The molecule has 1 aromatic heterocycles. The maximum atomic E-state index is 14.6. The van der Waals surface area contributed by atoms with E-state index in [1.54, 1.807) is 54.5 Å². The van der Waals surface area contributed by atoms with Gasteiger partial charge in [-0.1, -0.05) is 20.8 Å². The zero-order valence-corrected chi connectivity index (χ0v) is 48.8. The number of aromatic carboxylic acids is 1. The predicted molar refractivity (Wildman–Crippen MR) is 292 cm³/mol. The number of ether oxygens (including phenoxy) is 7. The summed E-state index contributed by atoms with van der Waals surface area (Å²) >= 11 is 0. The topological polar surface area (TPSA) is 261 Å². The number of anilines is 1. The van der Waals surface area contributed by atoms with Gasteiger partial charge < -0.3 is 83.3 Å². The molecule has 18 atom stereocenters. The number of rotatable bonds is 17. The van der Waals surface area contributed by atoms with E-state index < -0.39 is 113 Å². The molecule has 4 heterocycles. The molecule has 21 nitrogen and oxygen atoms in total. The Morgan fingerprint density at radius 1 is 0.936 bits per heavy atom. The third-order valence-electron chi connectivity index (χ3n) is 17.1. The van der Waals surface area contributed by atoms with E-state index in [4.69, 9.17) is 33.2 Å². The van der Waals surface area contributed by atoms with Crippen molar-refractivity contribution in [3.8, 4) is 0 Å². The van der Waals surface area contributed by atoms with Crippen molar-refractivity contribution in [3.05, 3.63) is 40.2 Å². The quantitative estimate of drug-likeness (QED) is 0.121. The fourth-order valence-electron chi connectivity index (χ4n) is 12.2. The van der Waals surface area contributed by atoms with Gasteiger partial charge in [-0.3, -0.25) is 14.4 Å². The lowest BCUT2D eigenvalue weighted by atomic mass is 9.77. The normalized spacial score (nSPS) is 37.9. The first kappa shape index (κ1) is 63.3. The van der Waals surface area contributed by atoms with E-state index in [9.17, 15) is 44.7 Å². The summed E-state index contributed by atoms with van der Waals surface area (Å²) in [6.45, 7) is 19.3. The maximum Gasteiger partial charge on any atom is 0.341 e. The van der Waals surface area contributed by atoms with Crippen LogP contribution in [-0.4, -0.2) is 214 Å². The molecule has 4 fully saturated rings. The Morgan fingerprint density at radius 3 is 2.23 bits per heavy atom. The number of esters is 2. The van der Waals surface area contributed by atoms with Crippen LogP contribution in [0.15, 0.2) is 29.2 Å². The number of carbonyl (C=O) groups is 3. The largest absolute Gasteiger partial charge is 0.477 e. The molecule has 6 rings (SSSR count). The SMILES string of the molecule is CC[C@H]1OC(=O)[C@H](C)[C@@H](O[C@H]2C[C@@](C)(OC)[C@@H](OC(=O)CCN(C)CCNc3ccc4c(c3)c(=O)c(C(=O)O)cn4C3CC3)[C@H](C)O2)[C@H](C)[C@@H](O[C@@H]2O[C@H](C)C[C@H](N(C)C)[C@H]2O)[C@](C)(O)C[C@@H](C)CN(C)[C@H](C)[C@@H](O)[C@]1(C)O. The third kappa shape index (κ3) is 14.6. The van der Waals surface area contributed by atoms with Gasteiger partial charge in [0.2, 0.25) is 5.43 Å². The number of carboxylic acid groups (broad SMARTS) is 1. The van der Waals surface area contributed by atoms with Gasteiger partial charge in [0.15, 0.2) is 18.7 Å². The van der Waals surface area contributed by atoms with Crippen LogP contribution in [0.2, 0.25) is 0 Å². The van der Waals surface area contributed by atoms with Gasteiger partial charge in [0.1, 0.15) is 35.1 Å². The number of hydrogen-bond acceptors (Lipinski definition) is 19. The van der Waals surface area contributed by atoms with Crippen LogP contribution in [0.25, 0.3) is 10.9 Å². The minimum absolute atomic E-state index is 0.0390. The van der Waals surface area contributed by atoms with E-state index in [1.807, 2.05) is 73.4 Å². The van der Waals surface area contributed by atoms with Gasteiger partial charge in [-0.15, -0.1) is 0 Å². The number of aromatic nitrogens is 1. The van der Waals surface area contributed by atoms with Crippen LogP contribution in [0.5, 0.6) is 0 Å². The highest BCUT2D eigenvalue weighted by Gasteiger charge is 2.54. The zero-order valence-electron chi connectivity index (χ0n) is 48.8. The predicted octanol–water partition coefficient (Wildman–Crippen LogP) is 4.23. The van der Waals surface area contributed by atoms with Gasteiger partial charge >= 0.3 is 17.9 Å². The molecule has 0 radical (unpaired) electrons. The van der Waals surface area contributed by atoms with Crippen molar-refractivity contribution in [2.45, 2.75) is 211 Å². The molecule has 3 aliphatic heterocycles. The lowest BCUT2D eigenvalue weighted by Crippen LogP contribution is -2.61. The molecule has 0 bridgehead atoms. The second-order valence-corrected chi connectivity index (χ2v) is 24.2. The summed E-state index contributed by atoms with van der Waals surface area (Å²) in [5, 5.41) is 61.5. The summed E-state index contributed by atoms with van der Waals surface area (Å²) in [5.41, 5.74) is -4.09. The van der Waals surface area contributed by atoms with E-state index in [-0.39, 0.29) is 55.4 Å². The van der Waals surface area contributed by atoms with E-state index in [1.165, 1.54) is 20.2 Å². The van der Waals surface area contributed by atoms with Crippen LogP contribution >= 0.6 is 0 Å². The third-order valence-corrected chi connectivity index (χ3v) is 17.1. The Morgan fingerprint density at radius 2 is 1.62 bits per heavy atom. The van der Waals surface area contributed by atoms with Gasteiger partial charge in [0, 0.05) is 81.0 Å². The van der Waals surface area contributed by atoms with Gasteiger partial charge in [0.25, 0.3) is 0 Å². The molecule has 0 unspecified atom stereocenters. The van der Waals surface area contributed by atoms with Crippen LogP contribution in [0.4, 0.5) is 5.69 Å². The molecular weight excluding hydrogens is 1010 g/mol. The van der Waals surface area contributed by atoms with E-state index in [0.717, 1.165) is 12.8 Å². The zero-order chi connectivity index (χ0) is 57.9. The molecule has 1 saturated carbocycles. The molecule has 21 heteroatoms. The highest BCUT2D eigenvalue weighted by molar-refractivity contribution is 5.93. The first-order chi connectivity index (χ1) is 36.4. The Labute approximate surface area is 460 Å². The minimum atomic E-state index is -1.86. The van der Waals surface area contributed by atoms with Crippen LogP contribution < -0.4 is 10.7 Å². The summed E-state index contributed by atoms with van der Waals surface area (Å²) < 4.78 is 46.9. The number of methoxy groups -OCH3 is 1. The van der Waals surface area contributed by atoms with Crippen LogP contribution in [-0.2, 0) is 42.7 Å². The van der Waals surface area contributed by atoms with Crippen molar-refractivity contribution in [2.24, 2.45) is 17.8 Å². The Kier molecular flexibility index (Phi) is 21.1. The Balaban J connectivity index is 1.18. The van der Waals surface area contributed by atoms with Crippen LogP contribution in [0.1, 0.15) is 131 Å². The number of cyclic esters (lactones) is 1. The van der Waals surface area contributed by atoms with Gasteiger partial charge in [-0.2, -0.15) is 0 Å². The number of benzene rings is 1. The number of carboxylic acids is 1. The molecule has 0 spiro atoms. The van der Waals surface area contributed by atoms with Gasteiger partial charge in [-0.25, -0.2) is 4.79 Å². The van der Waals surface area contributed by atoms with Crippen LogP contribution in [0.3, 0.4) is 0 Å². The molecular formula is C57H93N5O16. The molecule has 442 valence electrons. The number of nitrogens with one attached hydrogen (secondary N) is 1. The summed E-state index contributed by atoms with van der Waals surface area (Å²) in [7, 11) is 8.95. The first-order valence-corrected chi connectivity index (χ1v) is 28.0. The number of nitrogens with zero attached hydrogens (tertiary/aromatic N) is 4.